The summed E-state index contributed by atoms with van der Waals surface area (Å²) in [5.41, 5.74) is 5.06. The highest BCUT2D eigenvalue weighted by Crippen LogP contribution is 2.36. The van der Waals surface area contributed by atoms with Crippen LogP contribution < -0.4 is 15.2 Å². The van der Waals surface area contributed by atoms with Crippen molar-refractivity contribution in [3.8, 4) is 5.75 Å². The first-order valence-electron chi connectivity index (χ1n) is 5.92. The molecule has 1 aliphatic carbocycles. The van der Waals surface area contributed by atoms with Gasteiger partial charge in [-0.1, -0.05) is 0 Å². The number of hydrogen-bond acceptors (Lipinski definition) is 4. The van der Waals surface area contributed by atoms with Gasteiger partial charge in [0.25, 0.3) is 0 Å². The van der Waals surface area contributed by atoms with E-state index in [9.17, 15) is 8.42 Å². The Bertz CT molecular complexity index is 507. The average Bonchev–Trinajstić information content (AvgIpc) is 3.03. The summed E-state index contributed by atoms with van der Waals surface area (Å²) < 4.78 is 32.1. The number of benzene rings is 1. The standard InChI is InChI=1S/C12H18N2O3S/c1-12(6-7-12)14-18(15,16)11-4-2-10(3-5-11)17-9-8-13/h2-5,14H,6-9,13H2,1H3. The van der Waals surface area contributed by atoms with Gasteiger partial charge in [0.1, 0.15) is 12.4 Å². The van der Waals surface area contributed by atoms with Gasteiger partial charge in [0.2, 0.25) is 10.0 Å². The number of ether oxygens (including phenoxy) is 1. The van der Waals surface area contributed by atoms with E-state index in [1.54, 1.807) is 24.3 Å². The van der Waals surface area contributed by atoms with Crippen LogP contribution in [0.5, 0.6) is 5.75 Å². The molecule has 18 heavy (non-hydrogen) atoms. The molecule has 0 spiro atoms. The van der Waals surface area contributed by atoms with Crippen molar-refractivity contribution >= 4 is 10.0 Å². The minimum Gasteiger partial charge on any atom is -0.492 e. The van der Waals surface area contributed by atoms with Crippen LogP contribution in [0.2, 0.25) is 0 Å². The minimum atomic E-state index is -3.42. The second-order valence-electron chi connectivity index (χ2n) is 4.77. The number of rotatable bonds is 6. The summed E-state index contributed by atoms with van der Waals surface area (Å²) >= 11 is 0. The van der Waals surface area contributed by atoms with E-state index >= 15 is 0 Å². The summed E-state index contributed by atoms with van der Waals surface area (Å²) in [6, 6.07) is 6.36. The van der Waals surface area contributed by atoms with E-state index in [0.29, 0.717) is 18.9 Å². The first-order chi connectivity index (χ1) is 8.45. The number of sulfonamides is 1. The SMILES string of the molecule is CC1(NS(=O)(=O)c2ccc(OCCN)cc2)CC1. The van der Waals surface area contributed by atoms with E-state index in [0.717, 1.165) is 12.8 Å². The zero-order valence-corrected chi connectivity index (χ0v) is 11.2. The fourth-order valence-electron chi connectivity index (χ4n) is 1.56. The van der Waals surface area contributed by atoms with Crippen LogP contribution >= 0.6 is 0 Å². The summed E-state index contributed by atoms with van der Waals surface area (Å²) in [7, 11) is -3.42. The predicted molar refractivity (Wildman–Crippen MR) is 69.0 cm³/mol. The molecule has 0 aliphatic heterocycles. The minimum absolute atomic E-state index is 0.256. The van der Waals surface area contributed by atoms with Crippen molar-refractivity contribution in [1.82, 2.24) is 4.72 Å². The molecular weight excluding hydrogens is 252 g/mol. The molecule has 0 amide bonds. The van der Waals surface area contributed by atoms with Crippen LogP contribution in [-0.4, -0.2) is 27.1 Å². The first-order valence-corrected chi connectivity index (χ1v) is 7.40. The van der Waals surface area contributed by atoms with Crippen LogP contribution in [0.15, 0.2) is 29.2 Å². The molecule has 0 heterocycles. The van der Waals surface area contributed by atoms with Crippen molar-refractivity contribution in [2.75, 3.05) is 13.2 Å². The molecule has 5 nitrogen and oxygen atoms in total. The second-order valence-corrected chi connectivity index (χ2v) is 6.46. The average molecular weight is 270 g/mol. The molecule has 0 atom stereocenters. The Hall–Kier alpha value is -1.11. The maximum absolute atomic E-state index is 12.0. The van der Waals surface area contributed by atoms with E-state index in [2.05, 4.69) is 4.72 Å². The molecule has 1 aromatic rings. The Morgan fingerprint density at radius 2 is 1.94 bits per heavy atom. The molecule has 0 bridgehead atoms. The molecule has 6 heteroatoms. The van der Waals surface area contributed by atoms with E-state index in [-0.39, 0.29) is 10.4 Å². The lowest BCUT2D eigenvalue weighted by molar-refractivity contribution is 0.328. The summed E-state index contributed by atoms with van der Waals surface area (Å²) in [5, 5.41) is 0. The third-order valence-electron chi connectivity index (χ3n) is 2.90. The fraction of sp³-hybridized carbons (Fsp3) is 0.500. The smallest absolute Gasteiger partial charge is 0.241 e. The lowest BCUT2D eigenvalue weighted by Gasteiger charge is -2.12. The van der Waals surface area contributed by atoms with Gasteiger partial charge in [0.05, 0.1) is 4.90 Å². The van der Waals surface area contributed by atoms with E-state index in [1.807, 2.05) is 6.92 Å². The highest BCUT2D eigenvalue weighted by molar-refractivity contribution is 7.89. The summed E-state index contributed by atoms with van der Waals surface area (Å²) in [6.45, 7) is 2.76. The Morgan fingerprint density at radius 3 is 2.44 bits per heavy atom. The van der Waals surface area contributed by atoms with Gasteiger partial charge in [0.15, 0.2) is 0 Å². The molecule has 0 aromatic heterocycles. The maximum atomic E-state index is 12.0. The van der Waals surface area contributed by atoms with Crippen LogP contribution in [0.1, 0.15) is 19.8 Å². The molecule has 0 radical (unpaired) electrons. The normalized spacial score (nSPS) is 17.4. The quantitative estimate of drug-likeness (QED) is 0.803. The Balaban J connectivity index is 2.08. The predicted octanol–water partition coefficient (Wildman–Crippen LogP) is 0.855. The van der Waals surface area contributed by atoms with Gasteiger partial charge in [-0.05, 0) is 44.0 Å². The molecule has 100 valence electrons. The van der Waals surface area contributed by atoms with Gasteiger partial charge in [-0.3, -0.25) is 0 Å². The number of nitrogens with two attached hydrogens (primary N) is 1. The number of hydrogen-bond donors (Lipinski definition) is 2. The van der Waals surface area contributed by atoms with Gasteiger partial charge in [-0.15, -0.1) is 0 Å². The highest BCUT2D eigenvalue weighted by Gasteiger charge is 2.41. The molecule has 0 saturated heterocycles. The fourth-order valence-corrected chi connectivity index (χ4v) is 3.03. The monoisotopic (exact) mass is 270 g/mol. The van der Waals surface area contributed by atoms with Crippen molar-refractivity contribution in [1.29, 1.82) is 0 Å². The summed E-state index contributed by atoms with van der Waals surface area (Å²) in [6.07, 6.45) is 1.79. The molecule has 3 N–H and O–H groups in total. The second kappa shape index (κ2) is 4.87. The molecule has 1 aromatic carbocycles. The molecule has 1 aliphatic rings. The zero-order valence-electron chi connectivity index (χ0n) is 10.3. The molecule has 1 saturated carbocycles. The third-order valence-corrected chi connectivity index (χ3v) is 4.56. The van der Waals surface area contributed by atoms with Gasteiger partial charge < -0.3 is 10.5 Å². The van der Waals surface area contributed by atoms with E-state index < -0.39 is 10.0 Å². The van der Waals surface area contributed by atoms with Crippen molar-refractivity contribution in [3.05, 3.63) is 24.3 Å². The molecule has 0 unspecified atom stereocenters. The van der Waals surface area contributed by atoms with Crippen LogP contribution in [-0.2, 0) is 10.0 Å². The highest BCUT2D eigenvalue weighted by atomic mass is 32.2. The summed E-state index contributed by atoms with van der Waals surface area (Å²) in [5.74, 6) is 0.622. The summed E-state index contributed by atoms with van der Waals surface area (Å²) in [4.78, 5) is 0.260. The van der Waals surface area contributed by atoms with E-state index in [4.69, 9.17) is 10.5 Å². The number of nitrogens with one attached hydrogen (secondary N) is 1. The van der Waals surface area contributed by atoms with Crippen molar-refractivity contribution in [3.63, 3.8) is 0 Å². The van der Waals surface area contributed by atoms with Crippen LogP contribution in [0.4, 0.5) is 0 Å². The maximum Gasteiger partial charge on any atom is 0.241 e. The van der Waals surface area contributed by atoms with Gasteiger partial charge in [0, 0.05) is 12.1 Å². The van der Waals surface area contributed by atoms with Crippen LogP contribution in [0.25, 0.3) is 0 Å². The van der Waals surface area contributed by atoms with E-state index in [1.165, 1.54) is 0 Å². The van der Waals surface area contributed by atoms with Crippen molar-refractivity contribution < 1.29 is 13.2 Å². The lowest BCUT2D eigenvalue weighted by atomic mass is 10.3. The van der Waals surface area contributed by atoms with Crippen molar-refractivity contribution in [2.45, 2.75) is 30.2 Å². The zero-order chi connectivity index (χ0) is 13.2. The van der Waals surface area contributed by atoms with Gasteiger partial charge >= 0.3 is 0 Å². The lowest BCUT2D eigenvalue weighted by Crippen LogP contribution is -2.34. The Labute approximate surface area is 107 Å². The topological polar surface area (TPSA) is 81.4 Å². The molecule has 2 rings (SSSR count). The molecular formula is C12H18N2O3S. The molecule has 1 fully saturated rings. The van der Waals surface area contributed by atoms with Gasteiger partial charge in [-0.2, -0.15) is 0 Å². The van der Waals surface area contributed by atoms with Gasteiger partial charge in [-0.25, -0.2) is 13.1 Å². The largest absolute Gasteiger partial charge is 0.492 e. The van der Waals surface area contributed by atoms with Crippen LogP contribution in [0, 0.1) is 0 Å². The Kier molecular flexibility index (Phi) is 3.61. The first kappa shape index (κ1) is 13.3. The Morgan fingerprint density at radius 1 is 1.33 bits per heavy atom. The van der Waals surface area contributed by atoms with Crippen molar-refractivity contribution in [2.24, 2.45) is 5.73 Å². The van der Waals surface area contributed by atoms with Crippen LogP contribution in [0.3, 0.4) is 0 Å². The third kappa shape index (κ3) is 3.22.